The van der Waals surface area contributed by atoms with Gasteiger partial charge in [0.2, 0.25) is 0 Å². The number of rotatable bonds is 3. The molecule has 0 saturated carbocycles. The number of aliphatic hydroxyl groups is 1. The van der Waals surface area contributed by atoms with Crippen LogP contribution in [-0.4, -0.2) is 10.1 Å². The summed E-state index contributed by atoms with van der Waals surface area (Å²) in [5.41, 5.74) is 0.638. The molecule has 1 rings (SSSR count). The van der Waals surface area contributed by atoms with Crippen LogP contribution in [0.2, 0.25) is 0 Å². The SMILES string of the molecule is Cc1nc(C(O)C(C)C(C)C)co1. The number of nitrogens with zero attached hydrogens (tertiary/aromatic N) is 1. The van der Waals surface area contributed by atoms with Crippen molar-refractivity contribution in [1.82, 2.24) is 4.98 Å². The summed E-state index contributed by atoms with van der Waals surface area (Å²) >= 11 is 0. The highest BCUT2D eigenvalue weighted by atomic mass is 16.3. The van der Waals surface area contributed by atoms with E-state index in [4.69, 9.17) is 4.42 Å². The normalized spacial score (nSPS) is 16.2. The van der Waals surface area contributed by atoms with Crippen LogP contribution in [0.15, 0.2) is 10.7 Å². The monoisotopic (exact) mass is 183 g/mol. The topological polar surface area (TPSA) is 46.3 Å². The summed E-state index contributed by atoms with van der Waals surface area (Å²) < 4.78 is 5.04. The maximum atomic E-state index is 9.85. The van der Waals surface area contributed by atoms with E-state index >= 15 is 0 Å². The summed E-state index contributed by atoms with van der Waals surface area (Å²) in [6, 6.07) is 0. The van der Waals surface area contributed by atoms with Gasteiger partial charge < -0.3 is 9.52 Å². The summed E-state index contributed by atoms with van der Waals surface area (Å²) in [6.07, 6.45) is 1.01. The van der Waals surface area contributed by atoms with Gasteiger partial charge in [-0.05, 0) is 11.8 Å². The molecule has 1 N–H and O–H groups in total. The third-order valence-electron chi connectivity index (χ3n) is 2.49. The Labute approximate surface area is 78.8 Å². The molecule has 13 heavy (non-hydrogen) atoms. The van der Waals surface area contributed by atoms with Gasteiger partial charge in [-0.1, -0.05) is 20.8 Å². The van der Waals surface area contributed by atoms with Crippen LogP contribution in [0.5, 0.6) is 0 Å². The molecule has 1 aromatic rings. The molecule has 0 saturated heterocycles. The average Bonchev–Trinajstić information content (AvgIpc) is 2.49. The zero-order chi connectivity index (χ0) is 10.0. The molecule has 0 radical (unpaired) electrons. The maximum absolute atomic E-state index is 9.85. The smallest absolute Gasteiger partial charge is 0.191 e. The van der Waals surface area contributed by atoms with Gasteiger partial charge >= 0.3 is 0 Å². The molecule has 0 aliphatic carbocycles. The fraction of sp³-hybridized carbons (Fsp3) is 0.700. The van der Waals surface area contributed by atoms with Gasteiger partial charge in [0, 0.05) is 6.92 Å². The second kappa shape index (κ2) is 3.92. The first-order valence-corrected chi connectivity index (χ1v) is 4.62. The molecule has 1 aromatic heterocycles. The van der Waals surface area contributed by atoms with Crippen LogP contribution >= 0.6 is 0 Å². The van der Waals surface area contributed by atoms with Crippen LogP contribution in [0.1, 0.15) is 38.5 Å². The van der Waals surface area contributed by atoms with Gasteiger partial charge in [0.05, 0.1) is 0 Å². The number of aliphatic hydroxyl groups excluding tert-OH is 1. The zero-order valence-electron chi connectivity index (χ0n) is 8.61. The van der Waals surface area contributed by atoms with Crippen molar-refractivity contribution in [2.45, 2.75) is 33.8 Å². The molecular weight excluding hydrogens is 166 g/mol. The average molecular weight is 183 g/mol. The fourth-order valence-corrected chi connectivity index (χ4v) is 1.15. The van der Waals surface area contributed by atoms with Crippen molar-refractivity contribution < 1.29 is 9.52 Å². The lowest BCUT2D eigenvalue weighted by Gasteiger charge is -2.19. The zero-order valence-corrected chi connectivity index (χ0v) is 8.61. The van der Waals surface area contributed by atoms with E-state index in [9.17, 15) is 5.11 Å². The number of hydrogen-bond acceptors (Lipinski definition) is 3. The Morgan fingerprint density at radius 2 is 2.00 bits per heavy atom. The lowest BCUT2D eigenvalue weighted by atomic mass is 9.91. The molecular formula is C10H17NO2. The van der Waals surface area contributed by atoms with Crippen molar-refractivity contribution in [3.8, 4) is 0 Å². The van der Waals surface area contributed by atoms with Gasteiger partial charge in [-0.25, -0.2) is 4.98 Å². The second-order valence-electron chi connectivity index (χ2n) is 3.84. The lowest BCUT2D eigenvalue weighted by Crippen LogP contribution is -2.15. The van der Waals surface area contributed by atoms with Crippen LogP contribution in [0.3, 0.4) is 0 Å². The lowest BCUT2D eigenvalue weighted by molar-refractivity contribution is 0.0881. The van der Waals surface area contributed by atoms with Gasteiger partial charge in [-0.3, -0.25) is 0 Å². The van der Waals surface area contributed by atoms with Crippen LogP contribution in [0.4, 0.5) is 0 Å². The Balaban J connectivity index is 2.73. The molecule has 3 heteroatoms. The molecule has 0 aliphatic rings. The van der Waals surface area contributed by atoms with E-state index in [0.29, 0.717) is 17.5 Å². The van der Waals surface area contributed by atoms with E-state index in [1.54, 1.807) is 6.92 Å². The Kier molecular flexibility index (Phi) is 3.09. The maximum Gasteiger partial charge on any atom is 0.191 e. The van der Waals surface area contributed by atoms with E-state index in [0.717, 1.165) is 0 Å². The predicted octanol–water partition coefficient (Wildman–Crippen LogP) is 2.31. The molecule has 0 amide bonds. The molecule has 0 aliphatic heterocycles. The first kappa shape index (κ1) is 10.3. The van der Waals surface area contributed by atoms with Gasteiger partial charge in [0.1, 0.15) is 18.1 Å². The van der Waals surface area contributed by atoms with Crippen molar-refractivity contribution in [3.05, 3.63) is 17.8 Å². The summed E-state index contributed by atoms with van der Waals surface area (Å²) in [5, 5.41) is 9.85. The number of hydrogen-bond donors (Lipinski definition) is 1. The summed E-state index contributed by atoms with van der Waals surface area (Å²) in [5.74, 6) is 1.24. The van der Waals surface area contributed by atoms with E-state index in [-0.39, 0.29) is 5.92 Å². The minimum absolute atomic E-state index is 0.199. The molecule has 1 heterocycles. The predicted molar refractivity (Wildman–Crippen MR) is 50.2 cm³/mol. The van der Waals surface area contributed by atoms with Crippen molar-refractivity contribution >= 4 is 0 Å². The van der Waals surface area contributed by atoms with Gasteiger partial charge in [0.15, 0.2) is 5.89 Å². The molecule has 0 fully saturated rings. The summed E-state index contributed by atoms with van der Waals surface area (Å²) in [6.45, 7) is 7.96. The Bertz CT molecular complexity index is 268. The molecule has 0 aromatic carbocycles. The van der Waals surface area contributed by atoms with E-state index < -0.39 is 6.10 Å². The highest BCUT2D eigenvalue weighted by Gasteiger charge is 2.21. The van der Waals surface area contributed by atoms with Crippen molar-refractivity contribution in [2.24, 2.45) is 11.8 Å². The molecule has 74 valence electrons. The molecule has 0 spiro atoms. The minimum Gasteiger partial charge on any atom is -0.449 e. The third-order valence-corrected chi connectivity index (χ3v) is 2.49. The summed E-state index contributed by atoms with van der Waals surface area (Å²) in [7, 11) is 0. The van der Waals surface area contributed by atoms with Gasteiger partial charge in [0.25, 0.3) is 0 Å². The standard InChI is InChI=1S/C10H17NO2/c1-6(2)7(3)10(12)9-5-13-8(4)11-9/h5-7,10,12H,1-4H3. The largest absolute Gasteiger partial charge is 0.449 e. The van der Waals surface area contributed by atoms with Gasteiger partial charge in [-0.15, -0.1) is 0 Å². The number of oxazole rings is 1. The van der Waals surface area contributed by atoms with Crippen LogP contribution in [0.25, 0.3) is 0 Å². The van der Waals surface area contributed by atoms with Crippen molar-refractivity contribution in [3.63, 3.8) is 0 Å². The van der Waals surface area contributed by atoms with E-state index in [2.05, 4.69) is 18.8 Å². The quantitative estimate of drug-likeness (QED) is 0.782. The first-order chi connectivity index (χ1) is 6.02. The van der Waals surface area contributed by atoms with Crippen LogP contribution in [0, 0.1) is 18.8 Å². The van der Waals surface area contributed by atoms with Crippen molar-refractivity contribution in [1.29, 1.82) is 0 Å². The molecule has 0 bridgehead atoms. The highest BCUT2D eigenvalue weighted by molar-refractivity contribution is 5.01. The molecule has 3 nitrogen and oxygen atoms in total. The van der Waals surface area contributed by atoms with Crippen LogP contribution in [-0.2, 0) is 0 Å². The molecule has 2 atom stereocenters. The first-order valence-electron chi connectivity index (χ1n) is 4.62. The van der Waals surface area contributed by atoms with Gasteiger partial charge in [-0.2, -0.15) is 0 Å². The Hall–Kier alpha value is -0.830. The fourth-order valence-electron chi connectivity index (χ4n) is 1.15. The second-order valence-corrected chi connectivity index (χ2v) is 3.84. The van der Waals surface area contributed by atoms with E-state index in [1.165, 1.54) is 6.26 Å². The molecule has 2 unspecified atom stereocenters. The third kappa shape index (κ3) is 2.31. The Morgan fingerprint density at radius 1 is 1.38 bits per heavy atom. The van der Waals surface area contributed by atoms with Crippen molar-refractivity contribution in [2.75, 3.05) is 0 Å². The number of aromatic nitrogens is 1. The van der Waals surface area contributed by atoms with Crippen LogP contribution < -0.4 is 0 Å². The summed E-state index contributed by atoms with van der Waals surface area (Å²) in [4.78, 5) is 4.10. The minimum atomic E-state index is -0.516. The highest BCUT2D eigenvalue weighted by Crippen LogP contribution is 2.26. The number of aryl methyl sites for hydroxylation is 1. The Morgan fingerprint density at radius 3 is 2.38 bits per heavy atom. The van der Waals surface area contributed by atoms with E-state index in [1.807, 2.05) is 6.92 Å².